The molecule has 0 radical (unpaired) electrons. The van der Waals surface area contributed by atoms with Crippen LogP contribution in [0.2, 0.25) is 0 Å². The van der Waals surface area contributed by atoms with Gasteiger partial charge in [0.1, 0.15) is 22.9 Å². The zero-order valence-electron chi connectivity index (χ0n) is 12.0. The lowest BCUT2D eigenvalue weighted by Crippen LogP contribution is -2.28. The minimum Gasteiger partial charge on any atom is -0.477 e. The lowest BCUT2D eigenvalue weighted by molar-refractivity contribution is 0.0690. The fourth-order valence-electron chi connectivity index (χ4n) is 2.11. The molecule has 0 saturated carbocycles. The highest BCUT2D eigenvalue weighted by Crippen LogP contribution is 2.21. The van der Waals surface area contributed by atoms with E-state index in [1.807, 2.05) is 26.8 Å². The third-order valence-electron chi connectivity index (χ3n) is 3.09. The maximum Gasteiger partial charge on any atom is 0.354 e. The van der Waals surface area contributed by atoms with Gasteiger partial charge in [0.05, 0.1) is 6.04 Å². The standard InChI is InChI=1S/C15H16N2O4/c1-8-7-11(10(3)21-8)9(2)16-14(18)12-5-4-6-13(17-12)15(19)20/h4-7,9H,1-3H3,(H,16,18)(H,19,20). The van der Waals surface area contributed by atoms with Crippen LogP contribution in [-0.2, 0) is 0 Å². The predicted octanol–water partition coefficient (Wildman–Crippen LogP) is 2.48. The van der Waals surface area contributed by atoms with Crippen LogP contribution in [0, 0.1) is 13.8 Å². The van der Waals surface area contributed by atoms with Crippen LogP contribution in [-0.4, -0.2) is 22.0 Å². The largest absolute Gasteiger partial charge is 0.477 e. The summed E-state index contributed by atoms with van der Waals surface area (Å²) in [4.78, 5) is 26.8. The fourth-order valence-corrected chi connectivity index (χ4v) is 2.11. The molecule has 2 aromatic rings. The second-order valence-corrected chi connectivity index (χ2v) is 4.78. The minimum atomic E-state index is -1.17. The summed E-state index contributed by atoms with van der Waals surface area (Å²) in [6, 6.07) is 5.91. The van der Waals surface area contributed by atoms with E-state index in [4.69, 9.17) is 9.52 Å². The number of nitrogens with zero attached hydrogens (tertiary/aromatic N) is 1. The fraction of sp³-hybridized carbons (Fsp3) is 0.267. The van der Waals surface area contributed by atoms with Crippen molar-refractivity contribution in [1.29, 1.82) is 0 Å². The zero-order valence-corrected chi connectivity index (χ0v) is 12.0. The number of aromatic nitrogens is 1. The second kappa shape index (κ2) is 5.78. The van der Waals surface area contributed by atoms with Crippen LogP contribution in [0.5, 0.6) is 0 Å². The molecule has 2 aromatic heterocycles. The first kappa shape index (κ1) is 14.8. The van der Waals surface area contributed by atoms with Crippen LogP contribution in [0.25, 0.3) is 0 Å². The zero-order chi connectivity index (χ0) is 15.6. The smallest absolute Gasteiger partial charge is 0.354 e. The average Bonchev–Trinajstić information content (AvgIpc) is 2.77. The van der Waals surface area contributed by atoms with Gasteiger partial charge in [-0.15, -0.1) is 0 Å². The van der Waals surface area contributed by atoms with Crippen molar-refractivity contribution in [3.63, 3.8) is 0 Å². The number of carbonyl (C=O) groups is 2. The maximum atomic E-state index is 12.1. The van der Waals surface area contributed by atoms with E-state index in [1.165, 1.54) is 18.2 Å². The van der Waals surface area contributed by atoms with Crippen molar-refractivity contribution in [2.24, 2.45) is 0 Å². The van der Waals surface area contributed by atoms with Gasteiger partial charge in [0.15, 0.2) is 0 Å². The number of carboxylic acid groups (broad SMARTS) is 1. The van der Waals surface area contributed by atoms with E-state index in [9.17, 15) is 9.59 Å². The average molecular weight is 288 g/mol. The monoisotopic (exact) mass is 288 g/mol. The summed E-state index contributed by atoms with van der Waals surface area (Å²) in [5.41, 5.74) is 0.792. The molecule has 6 nitrogen and oxygen atoms in total. The van der Waals surface area contributed by atoms with E-state index in [0.717, 1.165) is 17.1 Å². The molecular weight excluding hydrogens is 272 g/mol. The van der Waals surface area contributed by atoms with Crippen LogP contribution in [0.3, 0.4) is 0 Å². The number of hydrogen-bond donors (Lipinski definition) is 2. The Balaban J connectivity index is 2.16. The highest BCUT2D eigenvalue weighted by molar-refractivity contribution is 5.94. The van der Waals surface area contributed by atoms with Gasteiger partial charge >= 0.3 is 5.97 Å². The number of aromatic carboxylic acids is 1. The predicted molar refractivity (Wildman–Crippen MR) is 75.3 cm³/mol. The summed E-state index contributed by atoms with van der Waals surface area (Å²) in [7, 11) is 0. The highest BCUT2D eigenvalue weighted by atomic mass is 16.4. The lowest BCUT2D eigenvalue weighted by Gasteiger charge is -2.13. The Morgan fingerprint density at radius 2 is 1.95 bits per heavy atom. The Bertz CT molecular complexity index is 691. The Morgan fingerprint density at radius 1 is 1.29 bits per heavy atom. The Morgan fingerprint density at radius 3 is 2.52 bits per heavy atom. The van der Waals surface area contributed by atoms with Crippen molar-refractivity contribution < 1.29 is 19.1 Å². The number of amides is 1. The Labute approximate surface area is 121 Å². The molecule has 2 rings (SSSR count). The van der Waals surface area contributed by atoms with E-state index in [1.54, 1.807) is 0 Å². The summed E-state index contributed by atoms with van der Waals surface area (Å²) in [5.74, 6) is -0.0787. The first-order valence-electron chi connectivity index (χ1n) is 6.46. The van der Waals surface area contributed by atoms with Gasteiger partial charge < -0.3 is 14.8 Å². The summed E-state index contributed by atoms with van der Waals surface area (Å²) in [6.45, 7) is 5.49. The normalized spacial score (nSPS) is 12.0. The third-order valence-corrected chi connectivity index (χ3v) is 3.09. The first-order valence-corrected chi connectivity index (χ1v) is 6.46. The molecule has 0 aliphatic rings. The molecule has 0 aromatic carbocycles. The van der Waals surface area contributed by atoms with Crippen molar-refractivity contribution in [2.75, 3.05) is 0 Å². The number of rotatable bonds is 4. The second-order valence-electron chi connectivity index (χ2n) is 4.78. The number of furan rings is 1. The molecule has 21 heavy (non-hydrogen) atoms. The van der Waals surface area contributed by atoms with E-state index in [0.29, 0.717) is 0 Å². The molecule has 0 aliphatic heterocycles. The lowest BCUT2D eigenvalue weighted by atomic mass is 10.1. The topological polar surface area (TPSA) is 92.4 Å². The molecule has 2 N–H and O–H groups in total. The van der Waals surface area contributed by atoms with Gasteiger partial charge in [-0.2, -0.15) is 0 Å². The minimum absolute atomic E-state index is 0.0691. The Hall–Kier alpha value is -2.63. The molecular formula is C15H16N2O4. The molecule has 0 fully saturated rings. The van der Waals surface area contributed by atoms with Crippen LogP contribution < -0.4 is 5.32 Å². The van der Waals surface area contributed by atoms with Gasteiger partial charge in [-0.25, -0.2) is 9.78 Å². The molecule has 0 aliphatic carbocycles. The van der Waals surface area contributed by atoms with E-state index >= 15 is 0 Å². The van der Waals surface area contributed by atoms with Crippen molar-refractivity contribution in [1.82, 2.24) is 10.3 Å². The molecule has 0 spiro atoms. The number of carboxylic acids is 1. The quantitative estimate of drug-likeness (QED) is 0.901. The third kappa shape index (κ3) is 3.28. The van der Waals surface area contributed by atoms with E-state index < -0.39 is 11.9 Å². The summed E-state index contributed by atoms with van der Waals surface area (Å²) >= 11 is 0. The van der Waals surface area contributed by atoms with Crippen molar-refractivity contribution in [3.05, 3.63) is 52.7 Å². The number of aryl methyl sites for hydroxylation is 2. The van der Waals surface area contributed by atoms with Crippen LogP contribution in [0.1, 0.15) is 51.0 Å². The van der Waals surface area contributed by atoms with E-state index in [2.05, 4.69) is 10.3 Å². The number of hydrogen-bond acceptors (Lipinski definition) is 4. The van der Waals surface area contributed by atoms with Gasteiger partial charge in [0, 0.05) is 5.56 Å². The molecule has 6 heteroatoms. The van der Waals surface area contributed by atoms with Crippen LogP contribution >= 0.6 is 0 Å². The van der Waals surface area contributed by atoms with Gasteiger partial charge in [0.2, 0.25) is 0 Å². The first-order chi connectivity index (χ1) is 9.88. The number of nitrogens with one attached hydrogen (secondary N) is 1. The van der Waals surface area contributed by atoms with E-state index in [-0.39, 0.29) is 17.4 Å². The number of carbonyl (C=O) groups excluding carboxylic acids is 1. The highest BCUT2D eigenvalue weighted by Gasteiger charge is 2.17. The SMILES string of the molecule is Cc1cc(C(C)NC(=O)c2cccc(C(=O)O)n2)c(C)o1. The van der Waals surface area contributed by atoms with Crippen LogP contribution in [0.4, 0.5) is 0 Å². The molecule has 1 amide bonds. The summed E-state index contributed by atoms with van der Waals surface area (Å²) in [6.07, 6.45) is 0. The Kier molecular flexibility index (Phi) is 4.07. The maximum absolute atomic E-state index is 12.1. The molecule has 2 heterocycles. The number of pyridine rings is 1. The van der Waals surface area contributed by atoms with Gasteiger partial charge in [-0.1, -0.05) is 6.07 Å². The molecule has 0 bridgehead atoms. The molecule has 0 saturated heterocycles. The van der Waals surface area contributed by atoms with Gasteiger partial charge in [-0.05, 0) is 39.0 Å². The summed E-state index contributed by atoms with van der Waals surface area (Å²) < 4.78 is 5.43. The van der Waals surface area contributed by atoms with Crippen molar-refractivity contribution in [3.8, 4) is 0 Å². The molecule has 110 valence electrons. The van der Waals surface area contributed by atoms with Gasteiger partial charge in [-0.3, -0.25) is 4.79 Å². The summed E-state index contributed by atoms with van der Waals surface area (Å²) in [5, 5.41) is 11.7. The van der Waals surface area contributed by atoms with Crippen molar-refractivity contribution >= 4 is 11.9 Å². The van der Waals surface area contributed by atoms with Crippen LogP contribution in [0.15, 0.2) is 28.7 Å². The molecule has 1 unspecified atom stereocenters. The van der Waals surface area contributed by atoms with Gasteiger partial charge in [0.25, 0.3) is 5.91 Å². The van der Waals surface area contributed by atoms with Crippen molar-refractivity contribution in [2.45, 2.75) is 26.8 Å². The molecule has 1 atom stereocenters.